The van der Waals surface area contributed by atoms with Gasteiger partial charge in [0.05, 0.1) is 16.8 Å². The highest BCUT2D eigenvalue weighted by Crippen LogP contribution is 2.32. The first-order valence-electron chi connectivity index (χ1n) is 7.35. The number of nitrogens with one attached hydrogen (secondary N) is 1. The highest BCUT2D eigenvalue weighted by molar-refractivity contribution is 7.13. The predicted molar refractivity (Wildman–Crippen MR) is 88.0 cm³/mol. The van der Waals surface area contributed by atoms with Crippen LogP contribution in [0.2, 0.25) is 0 Å². The summed E-state index contributed by atoms with van der Waals surface area (Å²) >= 11 is 1.64. The smallest absolute Gasteiger partial charge is 0.227 e. The molecular weight excluding hydrogens is 313 g/mol. The van der Waals surface area contributed by atoms with Crippen LogP contribution in [0.25, 0.3) is 10.6 Å². The Bertz CT molecular complexity index is 843. The zero-order chi connectivity index (χ0) is 15.8. The number of halogens is 1. The number of rotatable bonds is 3. The van der Waals surface area contributed by atoms with E-state index in [1.807, 2.05) is 17.5 Å². The maximum atomic E-state index is 13.4. The van der Waals surface area contributed by atoms with Crippen molar-refractivity contribution in [3.05, 3.63) is 59.6 Å². The summed E-state index contributed by atoms with van der Waals surface area (Å²) in [5, 5.41) is 2.01. The molecule has 1 N–H and O–H groups in total. The monoisotopic (exact) mass is 327 g/mol. The second-order valence-corrected chi connectivity index (χ2v) is 6.49. The number of hydrogen-bond donors (Lipinski definition) is 1. The lowest BCUT2D eigenvalue weighted by atomic mass is 10.1. The number of carbonyl (C=O) groups is 1. The van der Waals surface area contributed by atoms with Crippen LogP contribution >= 0.6 is 11.3 Å². The standard InChI is InChI=1S/C17H14FN3OS/c18-12-3-1-4-13(8-12)21-10-11(7-16(21)22)17-19-9-14(20-17)15-5-2-6-23-15/h1-6,8-9,11H,7,10H2,(H,19,20). The molecule has 0 bridgehead atoms. The van der Waals surface area contributed by atoms with Crippen molar-refractivity contribution < 1.29 is 9.18 Å². The molecule has 23 heavy (non-hydrogen) atoms. The number of aromatic amines is 1. The number of benzene rings is 1. The summed E-state index contributed by atoms with van der Waals surface area (Å²) in [6.07, 6.45) is 2.18. The van der Waals surface area contributed by atoms with Crippen molar-refractivity contribution in [1.82, 2.24) is 9.97 Å². The number of carbonyl (C=O) groups excluding carboxylic acids is 1. The van der Waals surface area contributed by atoms with Crippen molar-refractivity contribution in [2.45, 2.75) is 12.3 Å². The Hall–Kier alpha value is -2.47. The molecule has 1 aliphatic heterocycles. The lowest BCUT2D eigenvalue weighted by Crippen LogP contribution is -2.24. The molecule has 4 nitrogen and oxygen atoms in total. The molecule has 6 heteroatoms. The van der Waals surface area contributed by atoms with E-state index in [9.17, 15) is 9.18 Å². The minimum atomic E-state index is -0.336. The van der Waals surface area contributed by atoms with Gasteiger partial charge in [-0.1, -0.05) is 12.1 Å². The number of thiophene rings is 1. The molecule has 0 radical (unpaired) electrons. The van der Waals surface area contributed by atoms with Crippen LogP contribution in [0, 0.1) is 5.82 Å². The van der Waals surface area contributed by atoms with Gasteiger partial charge in [0.25, 0.3) is 0 Å². The number of nitrogens with zero attached hydrogens (tertiary/aromatic N) is 2. The number of anilines is 1. The third-order valence-electron chi connectivity index (χ3n) is 4.01. The Morgan fingerprint density at radius 3 is 3.00 bits per heavy atom. The van der Waals surface area contributed by atoms with Crippen molar-refractivity contribution in [1.29, 1.82) is 0 Å². The molecule has 2 aromatic heterocycles. The molecule has 1 saturated heterocycles. The van der Waals surface area contributed by atoms with Gasteiger partial charge in [-0.3, -0.25) is 4.79 Å². The van der Waals surface area contributed by atoms with Gasteiger partial charge in [-0.15, -0.1) is 11.3 Å². The van der Waals surface area contributed by atoms with Crippen LogP contribution in [0.4, 0.5) is 10.1 Å². The molecule has 4 rings (SSSR count). The van der Waals surface area contributed by atoms with Crippen LogP contribution in [-0.4, -0.2) is 22.4 Å². The lowest BCUT2D eigenvalue weighted by Gasteiger charge is -2.16. The summed E-state index contributed by atoms with van der Waals surface area (Å²) in [6, 6.07) is 10.2. The Kier molecular flexibility index (Phi) is 3.46. The molecule has 1 atom stereocenters. The molecule has 0 spiro atoms. The number of amides is 1. The molecule has 3 heterocycles. The van der Waals surface area contributed by atoms with E-state index in [1.54, 1.807) is 34.6 Å². The van der Waals surface area contributed by atoms with E-state index >= 15 is 0 Å². The highest BCUT2D eigenvalue weighted by Gasteiger charge is 2.33. The SMILES string of the molecule is O=C1CC(c2ncc(-c3cccs3)[nH]2)CN1c1cccc(F)c1. The Balaban J connectivity index is 1.57. The predicted octanol–water partition coefficient (Wildman–Crippen LogP) is 3.80. The van der Waals surface area contributed by atoms with Crippen molar-refractivity contribution in [3.8, 4) is 10.6 Å². The van der Waals surface area contributed by atoms with Gasteiger partial charge in [-0.2, -0.15) is 0 Å². The van der Waals surface area contributed by atoms with Gasteiger partial charge in [0.15, 0.2) is 0 Å². The Morgan fingerprint density at radius 2 is 2.22 bits per heavy atom. The third-order valence-corrected chi connectivity index (χ3v) is 4.92. The normalized spacial score (nSPS) is 17.9. The molecule has 1 aromatic carbocycles. The summed E-state index contributed by atoms with van der Waals surface area (Å²) in [6.45, 7) is 0.514. The fraction of sp³-hybridized carbons (Fsp3) is 0.176. The lowest BCUT2D eigenvalue weighted by molar-refractivity contribution is -0.117. The molecule has 1 aliphatic rings. The van der Waals surface area contributed by atoms with Crippen molar-refractivity contribution >= 4 is 22.9 Å². The van der Waals surface area contributed by atoms with E-state index < -0.39 is 0 Å². The first-order valence-corrected chi connectivity index (χ1v) is 8.23. The van der Waals surface area contributed by atoms with Gasteiger partial charge in [0, 0.05) is 24.6 Å². The number of imidazole rings is 1. The average molecular weight is 327 g/mol. The molecule has 1 unspecified atom stereocenters. The van der Waals surface area contributed by atoms with Gasteiger partial charge >= 0.3 is 0 Å². The summed E-state index contributed by atoms with van der Waals surface area (Å²) in [5.41, 5.74) is 1.56. The first kappa shape index (κ1) is 14.1. The fourth-order valence-electron chi connectivity index (χ4n) is 2.89. The maximum absolute atomic E-state index is 13.4. The Morgan fingerprint density at radius 1 is 1.30 bits per heavy atom. The second-order valence-electron chi connectivity index (χ2n) is 5.54. The van der Waals surface area contributed by atoms with Gasteiger partial charge in [-0.25, -0.2) is 9.37 Å². The molecule has 0 aliphatic carbocycles. The second kappa shape index (κ2) is 5.62. The van der Waals surface area contributed by atoms with Gasteiger partial charge in [0.2, 0.25) is 5.91 Å². The summed E-state index contributed by atoms with van der Waals surface area (Å²) < 4.78 is 13.4. The van der Waals surface area contributed by atoms with Crippen LogP contribution in [0.15, 0.2) is 48.0 Å². The minimum absolute atomic E-state index is 0.000482. The molecule has 116 valence electrons. The number of H-pyrrole nitrogens is 1. The van der Waals surface area contributed by atoms with Crippen molar-refractivity contribution in [2.24, 2.45) is 0 Å². The van der Waals surface area contributed by atoms with E-state index in [4.69, 9.17) is 0 Å². The van der Waals surface area contributed by atoms with E-state index in [0.717, 1.165) is 16.4 Å². The van der Waals surface area contributed by atoms with Gasteiger partial charge in [-0.05, 0) is 29.6 Å². The third kappa shape index (κ3) is 2.66. The summed E-state index contributed by atoms with van der Waals surface area (Å²) in [7, 11) is 0. The van der Waals surface area contributed by atoms with Crippen LogP contribution in [0.3, 0.4) is 0 Å². The molecular formula is C17H14FN3OS. The van der Waals surface area contributed by atoms with Crippen molar-refractivity contribution in [3.63, 3.8) is 0 Å². The summed E-state index contributed by atoms with van der Waals surface area (Å²) in [5.74, 6) is 0.464. The van der Waals surface area contributed by atoms with Gasteiger partial charge in [0.1, 0.15) is 11.6 Å². The zero-order valence-corrected chi connectivity index (χ0v) is 13.0. The molecule has 3 aromatic rings. The molecule has 1 fully saturated rings. The molecule has 0 saturated carbocycles. The van der Waals surface area contributed by atoms with Gasteiger partial charge < -0.3 is 9.88 Å². The van der Waals surface area contributed by atoms with Crippen LogP contribution in [0.5, 0.6) is 0 Å². The maximum Gasteiger partial charge on any atom is 0.227 e. The minimum Gasteiger partial charge on any atom is -0.341 e. The molecule has 1 amide bonds. The topological polar surface area (TPSA) is 49.0 Å². The first-order chi connectivity index (χ1) is 11.2. The average Bonchev–Trinajstić information content (AvgIpc) is 3.27. The zero-order valence-electron chi connectivity index (χ0n) is 12.2. The Labute approximate surface area is 136 Å². The van der Waals surface area contributed by atoms with Crippen molar-refractivity contribution in [2.75, 3.05) is 11.4 Å². The van der Waals surface area contributed by atoms with E-state index in [0.29, 0.717) is 18.7 Å². The van der Waals surface area contributed by atoms with Crippen LogP contribution in [-0.2, 0) is 4.79 Å². The van der Waals surface area contributed by atoms with E-state index in [-0.39, 0.29) is 17.6 Å². The summed E-state index contributed by atoms with van der Waals surface area (Å²) in [4.78, 5) is 22.8. The quantitative estimate of drug-likeness (QED) is 0.795. The number of aromatic nitrogens is 2. The van der Waals surface area contributed by atoms with E-state index in [2.05, 4.69) is 9.97 Å². The highest BCUT2D eigenvalue weighted by atomic mass is 32.1. The van der Waals surface area contributed by atoms with E-state index in [1.165, 1.54) is 12.1 Å². The van der Waals surface area contributed by atoms with Crippen LogP contribution in [0.1, 0.15) is 18.2 Å². The fourth-order valence-corrected chi connectivity index (χ4v) is 3.58. The largest absolute Gasteiger partial charge is 0.341 e. The van der Waals surface area contributed by atoms with Crippen LogP contribution < -0.4 is 4.90 Å². The number of hydrogen-bond acceptors (Lipinski definition) is 3.